The molecule has 1 aromatic rings. The zero-order chi connectivity index (χ0) is 39.3. The molecule has 0 spiro atoms. The topological polar surface area (TPSA) is 202 Å². The van der Waals surface area contributed by atoms with E-state index in [0.29, 0.717) is 5.70 Å². The molecule has 3 aliphatic heterocycles. The molecule has 3 heterocycles. The van der Waals surface area contributed by atoms with E-state index in [1.54, 1.807) is 49.2 Å². The summed E-state index contributed by atoms with van der Waals surface area (Å²) in [6, 6.07) is 5.05. The van der Waals surface area contributed by atoms with Crippen LogP contribution in [0.25, 0.3) is 0 Å². The maximum Gasteiger partial charge on any atom is 0.459 e. The Balaban J connectivity index is 1.51. The molecule has 7 atom stereocenters. The number of aliphatic imine (C=N–C) groups is 2. The summed E-state index contributed by atoms with van der Waals surface area (Å²) in [5.41, 5.74) is 5.84. The van der Waals surface area contributed by atoms with E-state index in [1.165, 1.54) is 26.5 Å². The molecule has 1 saturated carbocycles. The van der Waals surface area contributed by atoms with Crippen LogP contribution in [0.3, 0.4) is 0 Å². The summed E-state index contributed by atoms with van der Waals surface area (Å²) in [5.74, 6) is -1.46. The van der Waals surface area contributed by atoms with E-state index in [-0.39, 0.29) is 35.9 Å². The smallest absolute Gasteiger partial charge is 0.459 e. The fourth-order valence-corrected chi connectivity index (χ4v) is 7.76. The Labute approximate surface area is 315 Å². The van der Waals surface area contributed by atoms with Gasteiger partial charge < -0.3 is 29.2 Å². The molecule has 2 unspecified atom stereocenters. The number of nitrogens with one attached hydrogen (secondary N) is 1. The van der Waals surface area contributed by atoms with Crippen LogP contribution in [-0.4, -0.2) is 97.1 Å². The molecule has 4 aliphatic rings. The number of hydrazone groups is 1. The first kappa shape index (κ1) is 40.8. The third-order valence-electron chi connectivity index (χ3n) is 9.45. The predicted molar refractivity (Wildman–Crippen MR) is 201 cm³/mol. The van der Waals surface area contributed by atoms with Crippen molar-refractivity contribution in [2.75, 3.05) is 13.7 Å². The SMILES string of the molecule is CCC(=O)O[C@H]1[C@@H](OC(=O)CC)[C@](C=NC)(C2C=CC=C3C(N)=NC=NN32)O[C@@H]1COP(=O)(N[C@@H](C)C(=O)OC1CCC1)Oc1ccc(C(C)(C)C)cc1. The Kier molecular flexibility index (Phi) is 12.8. The summed E-state index contributed by atoms with van der Waals surface area (Å²) in [6.07, 6.45) is 6.32. The third kappa shape index (κ3) is 9.11. The Hall–Kier alpha value is -4.37. The van der Waals surface area contributed by atoms with Crippen LogP contribution in [0.1, 0.15) is 79.2 Å². The lowest BCUT2D eigenvalue weighted by atomic mass is 9.85. The van der Waals surface area contributed by atoms with Crippen molar-refractivity contribution < 1.29 is 46.9 Å². The number of nitrogens with two attached hydrogens (primary N) is 1. The maximum absolute atomic E-state index is 14.7. The van der Waals surface area contributed by atoms with Crippen LogP contribution in [0.2, 0.25) is 0 Å². The fourth-order valence-electron chi connectivity index (χ4n) is 6.26. The molecule has 16 nitrogen and oxygen atoms in total. The highest BCUT2D eigenvalue weighted by molar-refractivity contribution is 7.52. The van der Waals surface area contributed by atoms with Gasteiger partial charge >= 0.3 is 25.7 Å². The van der Waals surface area contributed by atoms with Crippen LogP contribution in [0.15, 0.2) is 63.3 Å². The second-order valence-electron chi connectivity index (χ2n) is 14.4. The number of nitrogens with zero attached hydrogens (tertiary/aromatic N) is 4. The molecule has 1 aliphatic carbocycles. The Morgan fingerprint density at radius 1 is 1.13 bits per heavy atom. The van der Waals surface area contributed by atoms with E-state index in [1.807, 2.05) is 12.1 Å². The summed E-state index contributed by atoms with van der Waals surface area (Å²) >= 11 is 0. The highest BCUT2D eigenvalue weighted by Gasteiger charge is 2.64. The minimum Gasteiger partial charge on any atom is -0.461 e. The molecule has 294 valence electrons. The van der Waals surface area contributed by atoms with Gasteiger partial charge in [-0.25, -0.2) is 14.6 Å². The standard InChI is InChI=1S/C37H51N6O10P/c1-8-30(44)50-32-28(52-37(21-39-7,33(32)51-31(45)9-2)29-15-11-14-27-34(38)40-22-41-43(27)29)20-48-54(47,42-23(3)35(46)49-25-12-10-13-25)53-26-18-16-24(17-19-26)36(4,5)6/h11,14-19,21-23,25,28-29,32-33H,8-10,12-13,20H2,1-7H3,(H,42,47)(H2,38,40,41)/t23-,28+,29?,32+,33+,37-,54?/m0/s1. The van der Waals surface area contributed by atoms with E-state index < -0.39 is 68.3 Å². The van der Waals surface area contributed by atoms with Gasteiger partial charge in [-0.3, -0.25) is 23.9 Å². The molecule has 1 aromatic carbocycles. The molecule has 0 bridgehead atoms. The van der Waals surface area contributed by atoms with Gasteiger partial charge in [-0.05, 0) is 55.4 Å². The number of esters is 3. The van der Waals surface area contributed by atoms with Crippen molar-refractivity contribution >= 4 is 44.0 Å². The van der Waals surface area contributed by atoms with Gasteiger partial charge in [0.2, 0.25) is 0 Å². The van der Waals surface area contributed by atoms with Gasteiger partial charge in [0.1, 0.15) is 42.1 Å². The van der Waals surface area contributed by atoms with Crippen molar-refractivity contribution in [3.05, 3.63) is 53.8 Å². The van der Waals surface area contributed by atoms with Crippen LogP contribution >= 0.6 is 7.75 Å². The van der Waals surface area contributed by atoms with E-state index in [0.717, 1.165) is 24.8 Å². The van der Waals surface area contributed by atoms with Crippen LogP contribution in [-0.2, 0) is 47.8 Å². The molecule has 0 amide bonds. The first-order valence-electron chi connectivity index (χ1n) is 18.2. The van der Waals surface area contributed by atoms with Crippen LogP contribution in [0.5, 0.6) is 5.75 Å². The zero-order valence-electron chi connectivity index (χ0n) is 31.8. The highest BCUT2D eigenvalue weighted by Crippen LogP contribution is 2.48. The van der Waals surface area contributed by atoms with Gasteiger partial charge in [0.15, 0.2) is 23.6 Å². The number of amidine groups is 1. The number of fused-ring (bicyclic) bond motifs is 1. The second-order valence-corrected chi connectivity index (χ2v) is 16.1. The maximum atomic E-state index is 14.7. The van der Waals surface area contributed by atoms with Crippen molar-refractivity contribution in [2.24, 2.45) is 20.8 Å². The van der Waals surface area contributed by atoms with Gasteiger partial charge in [0.05, 0.1) is 6.61 Å². The van der Waals surface area contributed by atoms with Crippen molar-refractivity contribution in [1.82, 2.24) is 10.1 Å². The van der Waals surface area contributed by atoms with E-state index in [4.69, 9.17) is 33.7 Å². The molecule has 5 rings (SSSR count). The average molecular weight is 771 g/mol. The minimum atomic E-state index is -4.44. The number of rotatable bonds is 15. The monoisotopic (exact) mass is 770 g/mol. The van der Waals surface area contributed by atoms with Crippen LogP contribution < -0.4 is 15.3 Å². The van der Waals surface area contributed by atoms with Gasteiger partial charge in [0.25, 0.3) is 0 Å². The molecule has 3 N–H and O–H groups in total. The van der Waals surface area contributed by atoms with Crippen LogP contribution in [0, 0.1) is 0 Å². The number of hydrogen-bond acceptors (Lipinski definition) is 15. The number of hydrogen-bond donors (Lipinski definition) is 2. The highest BCUT2D eigenvalue weighted by atomic mass is 31.2. The van der Waals surface area contributed by atoms with E-state index in [9.17, 15) is 18.9 Å². The predicted octanol–water partition coefficient (Wildman–Crippen LogP) is 4.48. The van der Waals surface area contributed by atoms with Crippen molar-refractivity contribution in [2.45, 2.75) is 121 Å². The lowest BCUT2D eigenvalue weighted by Crippen LogP contribution is -2.61. The Bertz CT molecular complexity index is 1750. The molecule has 17 heteroatoms. The quantitative estimate of drug-likeness (QED) is 0.110. The number of ether oxygens (including phenoxy) is 4. The van der Waals surface area contributed by atoms with Gasteiger partial charge in [-0.2, -0.15) is 10.2 Å². The summed E-state index contributed by atoms with van der Waals surface area (Å²) in [5, 5.41) is 8.70. The molecule has 1 saturated heterocycles. The largest absolute Gasteiger partial charge is 0.461 e. The molecule has 2 fully saturated rings. The van der Waals surface area contributed by atoms with Gasteiger partial charge in [-0.1, -0.05) is 58.9 Å². The third-order valence-corrected chi connectivity index (χ3v) is 11.1. The lowest BCUT2D eigenvalue weighted by molar-refractivity contribution is -0.169. The molecule has 54 heavy (non-hydrogen) atoms. The zero-order valence-corrected chi connectivity index (χ0v) is 32.7. The Morgan fingerprint density at radius 2 is 1.81 bits per heavy atom. The fraction of sp³-hybridized carbons (Fsp3) is 0.568. The lowest BCUT2D eigenvalue weighted by Gasteiger charge is -2.43. The normalized spacial score (nSPS) is 26.9. The van der Waals surface area contributed by atoms with Crippen molar-refractivity contribution in [3.8, 4) is 5.75 Å². The summed E-state index contributed by atoms with van der Waals surface area (Å²) < 4.78 is 51.1. The summed E-state index contributed by atoms with van der Waals surface area (Å²) in [7, 11) is -2.92. The molecular weight excluding hydrogens is 719 g/mol. The van der Waals surface area contributed by atoms with Crippen molar-refractivity contribution in [1.29, 1.82) is 0 Å². The first-order valence-corrected chi connectivity index (χ1v) is 19.7. The first-order chi connectivity index (χ1) is 25.6. The van der Waals surface area contributed by atoms with E-state index in [2.05, 4.69) is 40.9 Å². The number of allylic oxidation sites excluding steroid dienone is 2. The molecule has 0 aromatic heterocycles. The number of benzene rings is 1. The molecule has 0 radical (unpaired) electrons. The molecular formula is C37H51N6O10P. The Morgan fingerprint density at radius 3 is 2.43 bits per heavy atom. The minimum absolute atomic E-state index is 0.00555. The van der Waals surface area contributed by atoms with Crippen molar-refractivity contribution in [3.63, 3.8) is 0 Å². The van der Waals surface area contributed by atoms with Gasteiger partial charge in [-0.15, -0.1) is 0 Å². The summed E-state index contributed by atoms with van der Waals surface area (Å²) in [6.45, 7) is 10.4. The van der Waals surface area contributed by atoms with E-state index >= 15 is 0 Å². The van der Waals surface area contributed by atoms with Crippen LogP contribution in [0.4, 0.5) is 0 Å². The second kappa shape index (κ2) is 17.0. The summed E-state index contributed by atoms with van der Waals surface area (Å²) in [4.78, 5) is 47.5. The number of carbonyl (C=O) groups is 3. The number of carbonyl (C=O) groups excluding carboxylic acids is 3. The van der Waals surface area contributed by atoms with Gasteiger partial charge in [0, 0.05) is 26.1 Å². The average Bonchev–Trinajstić information content (AvgIpc) is 3.40.